The fourth-order valence-electron chi connectivity index (χ4n) is 1.09. The maximum atomic E-state index is 11.1. The summed E-state index contributed by atoms with van der Waals surface area (Å²) in [5.41, 5.74) is 0. The summed E-state index contributed by atoms with van der Waals surface area (Å²) in [7, 11) is 0. The number of rotatable bonds is 7. The van der Waals surface area contributed by atoms with Crippen LogP contribution < -0.4 is 10.6 Å². The second kappa shape index (κ2) is 6.65. The van der Waals surface area contributed by atoms with E-state index in [-0.39, 0.29) is 6.03 Å². The summed E-state index contributed by atoms with van der Waals surface area (Å²) >= 11 is 0. The van der Waals surface area contributed by atoms with Crippen molar-refractivity contribution in [1.29, 1.82) is 0 Å². The number of hydrogen-bond acceptors (Lipinski definition) is 2. The van der Waals surface area contributed by atoms with Crippen molar-refractivity contribution >= 4 is 6.03 Å². The van der Waals surface area contributed by atoms with Crippen molar-refractivity contribution in [3.63, 3.8) is 0 Å². The predicted molar refractivity (Wildman–Crippen MR) is 55.3 cm³/mol. The van der Waals surface area contributed by atoms with Gasteiger partial charge >= 0.3 is 6.03 Å². The number of hydrogen-bond donors (Lipinski definition) is 2. The van der Waals surface area contributed by atoms with E-state index in [2.05, 4.69) is 17.6 Å². The van der Waals surface area contributed by atoms with Gasteiger partial charge in [0.05, 0.1) is 0 Å². The van der Waals surface area contributed by atoms with Gasteiger partial charge in [-0.3, -0.25) is 0 Å². The van der Waals surface area contributed by atoms with Crippen molar-refractivity contribution in [2.75, 3.05) is 19.8 Å². The number of amides is 2. The second-order valence-electron chi connectivity index (χ2n) is 3.64. The molecule has 0 radical (unpaired) electrons. The van der Waals surface area contributed by atoms with Gasteiger partial charge in [-0.25, -0.2) is 4.79 Å². The SMILES string of the molecule is CCCOCCCNC(=O)NC1CC1. The smallest absolute Gasteiger partial charge is 0.315 e. The highest BCUT2D eigenvalue weighted by molar-refractivity contribution is 5.74. The topological polar surface area (TPSA) is 50.4 Å². The molecule has 0 aromatic heterocycles. The largest absolute Gasteiger partial charge is 0.381 e. The number of nitrogens with one attached hydrogen (secondary N) is 2. The number of carbonyl (C=O) groups excluding carboxylic acids is 1. The van der Waals surface area contributed by atoms with Crippen molar-refractivity contribution in [2.24, 2.45) is 0 Å². The summed E-state index contributed by atoms with van der Waals surface area (Å²) in [5.74, 6) is 0. The van der Waals surface area contributed by atoms with Crippen LogP contribution in [0.2, 0.25) is 0 Å². The van der Waals surface area contributed by atoms with Gasteiger partial charge in [0.1, 0.15) is 0 Å². The zero-order chi connectivity index (χ0) is 10.2. The van der Waals surface area contributed by atoms with Gasteiger partial charge in [0.25, 0.3) is 0 Å². The quantitative estimate of drug-likeness (QED) is 0.608. The maximum Gasteiger partial charge on any atom is 0.315 e. The first-order chi connectivity index (χ1) is 6.83. The van der Waals surface area contributed by atoms with Gasteiger partial charge in [-0.15, -0.1) is 0 Å². The van der Waals surface area contributed by atoms with Crippen LogP contribution in [0.1, 0.15) is 32.6 Å². The molecular formula is C10H20N2O2. The fraction of sp³-hybridized carbons (Fsp3) is 0.900. The third kappa shape index (κ3) is 5.80. The molecule has 0 atom stereocenters. The molecule has 14 heavy (non-hydrogen) atoms. The normalized spacial score (nSPS) is 15.2. The van der Waals surface area contributed by atoms with E-state index >= 15 is 0 Å². The van der Waals surface area contributed by atoms with Crippen molar-refractivity contribution in [3.05, 3.63) is 0 Å². The first-order valence-electron chi connectivity index (χ1n) is 5.45. The molecule has 2 amide bonds. The van der Waals surface area contributed by atoms with E-state index in [1.165, 1.54) is 0 Å². The molecule has 2 N–H and O–H groups in total. The van der Waals surface area contributed by atoms with Crippen LogP contribution in [-0.4, -0.2) is 31.8 Å². The second-order valence-corrected chi connectivity index (χ2v) is 3.64. The molecule has 0 bridgehead atoms. The summed E-state index contributed by atoms with van der Waals surface area (Å²) in [6.07, 6.45) is 4.20. The van der Waals surface area contributed by atoms with Crippen molar-refractivity contribution in [1.82, 2.24) is 10.6 Å². The van der Waals surface area contributed by atoms with E-state index in [0.717, 1.165) is 38.9 Å². The van der Waals surface area contributed by atoms with Gasteiger partial charge in [-0.2, -0.15) is 0 Å². The molecule has 1 saturated carbocycles. The van der Waals surface area contributed by atoms with Crippen LogP contribution in [0.15, 0.2) is 0 Å². The molecule has 0 aromatic carbocycles. The van der Waals surface area contributed by atoms with Gasteiger partial charge in [0.2, 0.25) is 0 Å². The molecule has 0 heterocycles. The molecule has 1 fully saturated rings. The van der Waals surface area contributed by atoms with Crippen molar-refractivity contribution in [3.8, 4) is 0 Å². The third-order valence-corrected chi connectivity index (χ3v) is 2.01. The Morgan fingerprint density at radius 2 is 2.21 bits per heavy atom. The van der Waals surface area contributed by atoms with Gasteiger partial charge < -0.3 is 15.4 Å². The van der Waals surface area contributed by atoms with Crippen molar-refractivity contribution < 1.29 is 9.53 Å². The van der Waals surface area contributed by atoms with E-state index in [9.17, 15) is 4.79 Å². The standard InChI is InChI=1S/C10H20N2O2/c1-2-7-14-8-3-6-11-10(13)12-9-4-5-9/h9H,2-8H2,1H3,(H2,11,12,13). The molecule has 4 nitrogen and oxygen atoms in total. The fourth-order valence-corrected chi connectivity index (χ4v) is 1.09. The Bertz CT molecular complexity index is 170. The van der Waals surface area contributed by atoms with E-state index in [1.807, 2.05) is 0 Å². The molecule has 0 aliphatic heterocycles. The van der Waals surface area contributed by atoms with Crippen LogP contribution in [0, 0.1) is 0 Å². The lowest BCUT2D eigenvalue weighted by atomic mass is 10.4. The summed E-state index contributed by atoms with van der Waals surface area (Å²) in [6, 6.07) is 0.398. The number of ether oxygens (including phenoxy) is 1. The third-order valence-electron chi connectivity index (χ3n) is 2.01. The predicted octanol–water partition coefficient (Wildman–Crippen LogP) is 1.26. The maximum absolute atomic E-state index is 11.1. The minimum Gasteiger partial charge on any atom is -0.381 e. The van der Waals surface area contributed by atoms with Crippen LogP contribution in [-0.2, 0) is 4.74 Å². The van der Waals surface area contributed by atoms with E-state index in [4.69, 9.17) is 4.74 Å². The van der Waals surface area contributed by atoms with Gasteiger partial charge in [0.15, 0.2) is 0 Å². The molecule has 82 valence electrons. The van der Waals surface area contributed by atoms with Gasteiger partial charge in [-0.1, -0.05) is 6.92 Å². The first-order valence-corrected chi connectivity index (χ1v) is 5.45. The molecule has 1 aliphatic carbocycles. The Morgan fingerprint density at radius 3 is 2.86 bits per heavy atom. The molecule has 4 heteroatoms. The Morgan fingerprint density at radius 1 is 1.43 bits per heavy atom. The molecule has 1 aliphatic rings. The van der Waals surface area contributed by atoms with Crippen LogP contribution in [0.25, 0.3) is 0 Å². The Labute approximate surface area is 85.4 Å². The Hall–Kier alpha value is -0.770. The average Bonchev–Trinajstić information content (AvgIpc) is 2.95. The first kappa shape index (κ1) is 11.3. The highest BCUT2D eigenvalue weighted by Crippen LogP contribution is 2.18. The average molecular weight is 200 g/mol. The van der Waals surface area contributed by atoms with E-state index in [0.29, 0.717) is 12.6 Å². The van der Waals surface area contributed by atoms with Gasteiger partial charge in [0, 0.05) is 25.8 Å². The number of urea groups is 1. The van der Waals surface area contributed by atoms with Crippen LogP contribution in [0.5, 0.6) is 0 Å². The molecule has 0 spiro atoms. The zero-order valence-electron chi connectivity index (χ0n) is 8.84. The van der Waals surface area contributed by atoms with E-state index < -0.39 is 0 Å². The summed E-state index contributed by atoms with van der Waals surface area (Å²) < 4.78 is 5.29. The minimum absolute atomic E-state index is 0.0389. The molecular weight excluding hydrogens is 180 g/mol. The molecule has 1 rings (SSSR count). The lowest BCUT2D eigenvalue weighted by molar-refractivity contribution is 0.132. The van der Waals surface area contributed by atoms with Crippen LogP contribution >= 0.6 is 0 Å². The Balaban J connectivity index is 1.80. The summed E-state index contributed by atoms with van der Waals surface area (Å²) in [4.78, 5) is 11.1. The lowest BCUT2D eigenvalue weighted by Crippen LogP contribution is -2.37. The zero-order valence-corrected chi connectivity index (χ0v) is 8.84. The molecule has 0 aromatic rings. The molecule has 0 saturated heterocycles. The minimum atomic E-state index is -0.0389. The number of carbonyl (C=O) groups is 1. The summed E-state index contributed by atoms with van der Waals surface area (Å²) in [5, 5.41) is 5.67. The monoisotopic (exact) mass is 200 g/mol. The Kier molecular flexibility index (Phi) is 5.37. The highest BCUT2D eigenvalue weighted by Gasteiger charge is 2.22. The van der Waals surface area contributed by atoms with Crippen LogP contribution in [0.3, 0.4) is 0 Å². The lowest BCUT2D eigenvalue weighted by Gasteiger charge is -2.06. The molecule has 0 unspecified atom stereocenters. The summed E-state index contributed by atoms with van der Waals surface area (Å²) in [6.45, 7) is 4.33. The van der Waals surface area contributed by atoms with Crippen molar-refractivity contribution in [2.45, 2.75) is 38.6 Å². The van der Waals surface area contributed by atoms with E-state index in [1.54, 1.807) is 0 Å². The van der Waals surface area contributed by atoms with Crippen LogP contribution in [0.4, 0.5) is 4.79 Å². The highest BCUT2D eigenvalue weighted by atomic mass is 16.5. The van der Waals surface area contributed by atoms with Gasteiger partial charge in [-0.05, 0) is 25.7 Å².